The van der Waals surface area contributed by atoms with E-state index in [1.54, 1.807) is 12.1 Å². The topological polar surface area (TPSA) is 70.6 Å². The maximum atomic E-state index is 11.9. The molecule has 0 bridgehead atoms. The first-order valence-corrected chi connectivity index (χ1v) is 6.63. The number of nitrogens with one attached hydrogen (secondary N) is 2. The largest absolute Gasteiger partial charge is 0.506 e. The van der Waals surface area contributed by atoms with Crippen LogP contribution < -0.4 is 10.6 Å². The Hall–Kier alpha value is -1.30. The smallest absolute Gasteiger partial charge is 0.227 e. The fourth-order valence-electron chi connectivity index (χ4n) is 2.06. The predicted molar refractivity (Wildman–Crippen MR) is 80.6 cm³/mol. The third-order valence-corrected chi connectivity index (χ3v) is 3.16. The fourth-order valence-corrected chi connectivity index (χ4v) is 2.06. The number of aromatic hydroxyl groups is 1. The zero-order valence-corrected chi connectivity index (χ0v) is 12.3. The van der Waals surface area contributed by atoms with Crippen LogP contribution in [0.1, 0.15) is 18.9 Å². The van der Waals surface area contributed by atoms with Gasteiger partial charge < -0.3 is 20.5 Å². The van der Waals surface area contributed by atoms with Crippen molar-refractivity contribution in [3.8, 4) is 5.75 Å². The van der Waals surface area contributed by atoms with Crippen molar-refractivity contribution in [2.45, 2.75) is 25.9 Å². The van der Waals surface area contributed by atoms with Crippen molar-refractivity contribution in [2.75, 3.05) is 25.0 Å². The molecule has 1 fully saturated rings. The first-order valence-electron chi connectivity index (χ1n) is 6.63. The van der Waals surface area contributed by atoms with E-state index >= 15 is 0 Å². The summed E-state index contributed by atoms with van der Waals surface area (Å²) in [4.78, 5) is 11.9. The number of rotatable bonds is 4. The van der Waals surface area contributed by atoms with Crippen LogP contribution in [-0.2, 0) is 16.0 Å². The van der Waals surface area contributed by atoms with Gasteiger partial charge in [0.15, 0.2) is 0 Å². The molecule has 0 aromatic heterocycles. The molecule has 5 nitrogen and oxygen atoms in total. The van der Waals surface area contributed by atoms with Crippen LogP contribution in [0.25, 0.3) is 0 Å². The van der Waals surface area contributed by atoms with Crippen LogP contribution in [0.4, 0.5) is 5.69 Å². The summed E-state index contributed by atoms with van der Waals surface area (Å²) < 4.78 is 5.48. The van der Waals surface area contributed by atoms with Gasteiger partial charge in [0.2, 0.25) is 5.91 Å². The molecule has 1 amide bonds. The maximum Gasteiger partial charge on any atom is 0.227 e. The normalized spacial score (nSPS) is 18.1. The molecule has 1 atom stereocenters. The number of phenolic OH excluding ortho intramolecular Hbond substituents is 1. The molecular weight excluding hydrogens is 280 g/mol. The number of carbonyl (C=O) groups excluding carboxylic acids is 1. The minimum absolute atomic E-state index is 0. The number of hydrogen-bond donors (Lipinski definition) is 3. The van der Waals surface area contributed by atoms with Gasteiger partial charge in [-0.3, -0.25) is 4.79 Å². The molecule has 0 saturated carbocycles. The fraction of sp³-hybridized carbons (Fsp3) is 0.500. The Labute approximate surface area is 125 Å². The molecule has 0 aliphatic carbocycles. The highest BCUT2D eigenvalue weighted by atomic mass is 35.5. The summed E-state index contributed by atoms with van der Waals surface area (Å²) >= 11 is 0. The lowest BCUT2D eigenvalue weighted by Crippen LogP contribution is -2.40. The van der Waals surface area contributed by atoms with Gasteiger partial charge in [0.25, 0.3) is 0 Å². The molecule has 1 aromatic rings. The lowest BCUT2D eigenvalue weighted by molar-refractivity contribution is -0.119. The highest BCUT2D eigenvalue weighted by Crippen LogP contribution is 2.24. The van der Waals surface area contributed by atoms with Gasteiger partial charge in [-0.05, 0) is 24.1 Å². The van der Waals surface area contributed by atoms with Gasteiger partial charge in [-0.2, -0.15) is 0 Å². The van der Waals surface area contributed by atoms with E-state index in [-0.39, 0.29) is 30.2 Å². The molecule has 6 heteroatoms. The Morgan fingerprint density at radius 1 is 1.55 bits per heavy atom. The molecule has 1 unspecified atom stereocenters. The van der Waals surface area contributed by atoms with Gasteiger partial charge in [-0.1, -0.05) is 13.0 Å². The number of morpholine rings is 1. The number of amides is 1. The molecule has 2 rings (SSSR count). The molecule has 112 valence electrons. The van der Waals surface area contributed by atoms with E-state index in [2.05, 4.69) is 10.6 Å². The zero-order chi connectivity index (χ0) is 13.7. The summed E-state index contributed by atoms with van der Waals surface area (Å²) in [5.41, 5.74) is 1.54. The highest BCUT2D eigenvalue weighted by Gasteiger charge is 2.18. The molecule has 20 heavy (non-hydrogen) atoms. The van der Waals surface area contributed by atoms with Crippen molar-refractivity contribution in [3.05, 3.63) is 23.8 Å². The number of ether oxygens (including phenoxy) is 1. The van der Waals surface area contributed by atoms with E-state index < -0.39 is 0 Å². The van der Waals surface area contributed by atoms with Crippen molar-refractivity contribution in [2.24, 2.45) is 0 Å². The van der Waals surface area contributed by atoms with Gasteiger partial charge in [0, 0.05) is 13.1 Å². The molecular formula is C14H21ClN2O3. The average molecular weight is 301 g/mol. The molecule has 1 heterocycles. The van der Waals surface area contributed by atoms with Crippen LogP contribution in [0.5, 0.6) is 5.75 Å². The standard InChI is InChI=1S/C14H20N2O3.ClH/c1-2-10-3-4-13(17)12(7-10)16-14(18)8-11-9-15-5-6-19-11;/h3-4,7,11,15,17H,2,5-6,8-9H2,1H3,(H,16,18);1H. The minimum atomic E-state index is -0.141. The van der Waals surface area contributed by atoms with Crippen molar-refractivity contribution in [1.82, 2.24) is 5.32 Å². The van der Waals surface area contributed by atoms with Gasteiger partial charge in [-0.15, -0.1) is 12.4 Å². The third-order valence-electron chi connectivity index (χ3n) is 3.16. The van der Waals surface area contributed by atoms with Crippen LogP contribution in [0.3, 0.4) is 0 Å². The first-order chi connectivity index (χ1) is 9.19. The van der Waals surface area contributed by atoms with Gasteiger partial charge in [0.05, 0.1) is 24.8 Å². The van der Waals surface area contributed by atoms with Crippen molar-refractivity contribution >= 4 is 24.0 Å². The molecule has 1 aliphatic rings. The second kappa shape index (κ2) is 8.09. The summed E-state index contributed by atoms with van der Waals surface area (Å²) in [6.07, 6.45) is 1.06. The Bertz CT molecular complexity index is 448. The van der Waals surface area contributed by atoms with E-state index in [0.29, 0.717) is 25.3 Å². The van der Waals surface area contributed by atoms with Crippen LogP contribution in [0.2, 0.25) is 0 Å². The predicted octanol–water partition coefficient (Wildman–Crippen LogP) is 1.69. The number of carbonyl (C=O) groups is 1. The molecule has 1 saturated heterocycles. The number of anilines is 1. The van der Waals surface area contributed by atoms with Crippen molar-refractivity contribution < 1.29 is 14.6 Å². The van der Waals surface area contributed by atoms with E-state index in [1.807, 2.05) is 13.0 Å². The molecule has 0 radical (unpaired) electrons. The van der Waals surface area contributed by atoms with Gasteiger partial charge in [0.1, 0.15) is 5.75 Å². The van der Waals surface area contributed by atoms with Crippen LogP contribution in [-0.4, -0.2) is 36.8 Å². The molecule has 1 aliphatic heterocycles. The number of benzene rings is 1. The van der Waals surface area contributed by atoms with E-state index in [0.717, 1.165) is 18.5 Å². The molecule has 3 N–H and O–H groups in total. The lowest BCUT2D eigenvalue weighted by atomic mass is 10.1. The monoisotopic (exact) mass is 300 g/mol. The summed E-state index contributed by atoms with van der Waals surface area (Å²) in [5, 5.41) is 15.6. The Morgan fingerprint density at radius 3 is 3.00 bits per heavy atom. The number of hydrogen-bond acceptors (Lipinski definition) is 4. The van der Waals surface area contributed by atoms with Crippen molar-refractivity contribution in [1.29, 1.82) is 0 Å². The SMILES string of the molecule is CCc1ccc(O)c(NC(=O)CC2CNCCO2)c1.Cl. The van der Waals surface area contributed by atoms with Crippen LogP contribution in [0.15, 0.2) is 18.2 Å². The average Bonchev–Trinajstić information content (AvgIpc) is 2.42. The van der Waals surface area contributed by atoms with Crippen molar-refractivity contribution in [3.63, 3.8) is 0 Å². The maximum absolute atomic E-state index is 11.9. The number of phenols is 1. The summed E-state index contributed by atoms with van der Waals surface area (Å²) in [5.74, 6) is -0.0505. The Morgan fingerprint density at radius 2 is 2.35 bits per heavy atom. The third kappa shape index (κ3) is 4.67. The van der Waals surface area contributed by atoms with E-state index in [1.165, 1.54) is 0 Å². The second-order valence-electron chi connectivity index (χ2n) is 4.65. The van der Waals surface area contributed by atoms with Crippen LogP contribution >= 0.6 is 12.4 Å². The minimum Gasteiger partial charge on any atom is -0.506 e. The Kier molecular flexibility index (Phi) is 6.78. The summed E-state index contributed by atoms with van der Waals surface area (Å²) in [7, 11) is 0. The second-order valence-corrected chi connectivity index (χ2v) is 4.65. The van der Waals surface area contributed by atoms with Gasteiger partial charge in [-0.25, -0.2) is 0 Å². The molecule has 0 spiro atoms. The lowest BCUT2D eigenvalue weighted by Gasteiger charge is -2.23. The van der Waals surface area contributed by atoms with E-state index in [4.69, 9.17) is 4.74 Å². The van der Waals surface area contributed by atoms with E-state index in [9.17, 15) is 9.90 Å². The molecule has 1 aromatic carbocycles. The van der Waals surface area contributed by atoms with Crippen LogP contribution in [0, 0.1) is 0 Å². The number of aryl methyl sites for hydroxylation is 1. The van der Waals surface area contributed by atoms with Gasteiger partial charge >= 0.3 is 0 Å². The number of halogens is 1. The summed E-state index contributed by atoms with van der Waals surface area (Å²) in [6.45, 7) is 4.18. The zero-order valence-electron chi connectivity index (χ0n) is 11.5. The quantitative estimate of drug-likeness (QED) is 0.740. The highest BCUT2D eigenvalue weighted by molar-refractivity contribution is 5.92. The summed E-state index contributed by atoms with van der Waals surface area (Å²) in [6, 6.07) is 5.25. The first kappa shape index (κ1) is 16.8. The Balaban J connectivity index is 0.00000200.